The first-order valence-corrected chi connectivity index (χ1v) is 5.83. The van der Waals surface area contributed by atoms with Crippen molar-refractivity contribution in [3.05, 3.63) is 66.6 Å². The van der Waals surface area contributed by atoms with E-state index in [9.17, 15) is 4.79 Å². The summed E-state index contributed by atoms with van der Waals surface area (Å²) >= 11 is 0. The van der Waals surface area contributed by atoms with E-state index in [0.29, 0.717) is 11.5 Å². The third kappa shape index (κ3) is 2.42. The van der Waals surface area contributed by atoms with Gasteiger partial charge >= 0.3 is 0 Å². The summed E-state index contributed by atoms with van der Waals surface area (Å²) < 4.78 is 10.7. The molecule has 94 valence electrons. The lowest BCUT2D eigenvalue weighted by atomic mass is 10.3. The molecule has 0 radical (unpaired) electrons. The minimum Gasteiger partial charge on any atom is -0.461 e. The van der Waals surface area contributed by atoms with E-state index in [1.165, 1.54) is 0 Å². The van der Waals surface area contributed by atoms with E-state index in [2.05, 4.69) is 5.32 Å². The van der Waals surface area contributed by atoms with Crippen LogP contribution in [0.2, 0.25) is 0 Å². The normalized spacial score (nSPS) is 10.3. The fourth-order valence-electron chi connectivity index (χ4n) is 1.73. The number of hydrogen-bond acceptors (Lipinski definition) is 3. The van der Waals surface area contributed by atoms with Gasteiger partial charge < -0.3 is 14.2 Å². The quantitative estimate of drug-likeness (QED) is 0.772. The van der Waals surface area contributed by atoms with E-state index >= 15 is 0 Å². The molecule has 0 saturated heterocycles. The topological polar surface area (TPSA) is 55.4 Å². The van der Waals surface area contributed by atoms with E-state index < -0.39 is 0 Å². The lowest BCUT2D eigenvalue weighted by molar-refractivity contribution is 0.0997. The lowest BCUT2D eigenvalue weighted by Crippen LogP contribution is -2.10. The van der Waals surface area contributed by atoms with Crippen LogP contribution in [0.3, 0.4) is 0 Å². The second-order valence-electron chi connectivity index (χ2n) is 3.96. The van der Waals surface area contributed by atoms with E-state index in [-0.39, 0.29) is 11.7 Å². The maximum Gasteiger partial charge on any atom is 0.291 e. The molecule has 0 fully saturated rings. The molecule has 0 aliphatic heterocycles. The molecule has 2 aromatic heterocycles. The lowest BCUT2D eigenvalue weighted by Gasteiger charge is -2.01. The van der Waals surface area contributed by atoms with E-state index in [1.54, 1.807) is 30.5 Å². The van der Waals surface area contributed by atoms with Gasteiger partial charge in [-0.2, -0.15) is 0 Å². The summed E-state index contributed by atoms with van der Waals surface area (Å²) in [5.74, 6) is 1.08. The highest BCUT2D eigenvalue weighted by atomic mass is 16.4. The Bertz CT molecular complexity index is 669. The number of rotatable bonds is 3. The monoisotopic (exact) mass is 253 g/mol. The van der Waals surface area contributed by atoms with Gasteiger partial charge in [-0.3, -0.25) is 4.79 Å². The molecule has 0 bridgehead atoms. The van der Waals surface area contributed by atoms with Gasteiger partial charge in [-0.25, -0.2) is 0 Å². The third-order valence-corrected chi connectivity index (χ3v) is 2.63. The van der Waals surface area contributed by atoms with Gasteiger partial charge in [0.1, 0.15) is 0 Å². The molecule has 1 aromatic carbocycles. The van der Waals surface area contributed by atoms with Gasteiger partial charge in [0.05, 0.1) is 6.26 Å². The smallest absolute Gasteiger partial charge is 0.291 e. The molecule has 1 N–H and O–H groups in total. The SMILES string of the molecule is O=C(Nc1ccccc1)c1ccc(-c2ccco2)o1. The fraction of sp³-hybridized carbons (Fsp3) is 0. The van der Waals surface area contributed by atoms with Crippen LogP contribution in [-0.2, 0) is 0 Å². The van der Waals surface area contributed by atoms with Gasteiger partial charge in [0.2, 0.25) is 0 Å². The molecule has 0 aliphatic rings. The Labute approximate surface area is 109 Å². The Morgan fingerprint density at radius 2 is 1.74 bits per heavy atom. The number of carbonyl (C=O) groups is 1. The van der Waals surface area contributed by atoms with E-state index in [1.807, 2.05) is 30.3 Å². The minimum atomic E-state index is -0.288. The number of amides is 1. The Balaban J connectivity index is 1.78. The van der Waals surface area contributed by atoms with Crippen molar-refractivity contribution < 1.29 is 13.6 Å². The number of carbonyl (C=O) groups excluding carboxylic acids is 1. The molecule has 0 spiro atoms. The predicted octanol–water partition coefficient (Wildman–Crippen LogP) is 3.79. The molecule has 2 heterocycles. The van der Waals surface area contributed by atoms with Crippen molar-refractivity contribution in [2.75, 3.05) is 5.32 Å². The van der Waals surface area contributed by atoms with Crippen LogP contribution in [0.25, 0.3) is 11.5 Å². The van der Waals surface area contributed by atoms with Crippen molar-refractivity contribution in [3.63, 3.8) is 0 Å². The van der Waals surface area contributed by atoms with Crippen LogP contribution in [0.5, 0.6) is 0 Å². The van der Waals surface area contributed by atoms with Crippen molar-refractivity contribution in [3.8, 4) is 11.5 Å². The number of anilines is 1. The molecule has 3 rings (SSSR count). The van der Waals surface area contributed by atoms with Gasteiger partial charge in [-0.1, -0.05) is 18.2 Å². The van der Waals surface area contributed by atoms with Crippen LogP contribution in [0.15, 0.2) is 69.7 Å². The Hall–Kier alpha value is -2.75. The molecule has 4 heteroatoms. The summed E-state index contributed by atoms with van der Waals surface area (Å²) in [5, 5.41) is 2.75. The van der Waals surface area contributed by atoms with Crippen LogP contribution in [0.1, 0.15) is 10.6 Å². The molecule has 3 aromatic rings. The third-order valence-electron chi connectivity index (χ3n) is 2.63. The molecule has 19 heavy (non-hydrogen) atoms. The Kier molecular flexibility index (Phi) is 2.90. The van der Waals surface area contributed by atoms with Gasteiger partial charge in [-0.05, 0) is 36.4 Å². The first kappa shape index (κ1) is 11.3. The maximum atomic E-state index is 12.0. The van der Waals surface area contributed by atoms with Crippen molar-refractivity contribution in [1.82, 2.24) is 0 Å². The fourth-order valence-corrected chi connectivity index (χ4v) is 1.73. The largest absolute Gasteiger partial charge is 0.461 e. The standard InChI is InChI=1S/C15H11NO3/c17-15(16-11-5-2-1-3-6-11)14-9-8-13(19-14)12-7-4-10-18-12/h1-10H,(H,16,17). The Morgan fingerprint density at radius 1 is 0.895 bits per heavy atom. The van der Waals surface area contributed by atoms with E-state index in [4.69, 9.17) is 8.83 Å². The molecular weight excluding hydrogens is 242 g/mol. The zero-order valence-electron chi connectivity index (χ0n) is 10.00. The summed E-state index contributed by atoms with van der Waals surface area (Å²) in [6.07, 6.45) is 1.56. The maximum absolute atomic E-state index is 12.0. The number of nitrogens with one attached hydrogen (secondary N) is 1. The van der Waals surface area contributed by atoms with Crippen LogP contribution >= 0.6 is 0 Å². The summed E-state index contributed by atoms with van der Waals surface area (Å²) in [6, 6.07) is 16.1. The second-order valence-corrected chi connectivity index (χ2v) is 3.96. The minimum absolute atomic E-state index is 0.246. The van der Waals surface area contributed by atoms with Crippen LogP contribution in [0.4, 0.5) is 5.69 Å². The molecular formula is C15H11NO3. The molecule has 0 aliphatic carbocycles. The summed E-state index contributed by atoms with van der Waals surface area (Å²) in [6.45, 7) is 0. The molecule has 0 unspecified atom stereocenters. The highest BCUT2D eigenvalue weighted by molar-refractivity contribution is 6.02. The van der Waals surface area contributed by atoms with Crippen molar-refractivity contribution in [2.24, 2.45) is 0 Å². The van der Waals surface area contributed by atoms with Crippen LogP contribution < -0.4 is 5.32 Å². The summed E-state index contributed by atoms with van der Waals surface area (Å²) in [7, 11) is 0. The zero-order chi connectivity index (χ0) is 13.1. The van der Waals surface area contributed by atoms with Gasteiger partial charge in [-0.15, -0.1) is 0 Å². The van der Waals surface area contributed by atoms with Crippen molar-refractivity contribution in [1.29, 1.82) is 0 Å². The highest BCUT2D eigenvalue weighted by Crippen LogP contribution is 2.22. The van der Waals surface area contributed by atoms with Crippen LogP contribution in [0, 0.1) is 0 Å². The Morgan fingerprint density at radius 3 is 2.47 bits per heavy atom. The average Bonchev–Trinajstić information content (AvgIpc) is 3.11. The molecule has 4 nitrogen and oxygen atoms in total. The van der Waals surface area contributed by atoms with E-state index in [0.717, 1.165) is 5.69 Å². The van der Waals surface area contributed by atoms with Crippen LogP contribution in [-0.4, -0.2) is 5.91 Å². The number of hydrogen-bond donors (Lipinski definition) is 1. The first-order valence-electron chi connectivity index (χ1n) is 5.83. The second kappa shape index (κ2) is 4.86. The molecule has 0 atom stereocenters. The zero-order valence-corrected chi connectivity index (χ0v) is 10.00. The highest BCUT2D eigenvalue weighted by Gasteiger charge is 2.13. The van der Waals surface area contributed by atoms with Gasteiger partial charge in [0, 0.05) is 5.69 Å². The van der Waals surface area contributed by atoms with Gasteiger partial charge in [0.25, 0.3) is 5.91 Å². The van der Waals surface area contributed by atoms with Gasteiger partial charge in [0.15, 0.2) is 17.3 Å². The average molecular weight is 253 g/mol. The van der Waals surface area contributed by atoms with Crippen molar-refractivity contribution >= 4 is 11.6 Å². The summed E-state index contributed by atoms with van der Waals surface area (Å²) in [4.78, 5) is 12.0. The number of furan rings is 2. The molecule has 0 saturated carbocycles. The number of para-hydroxylation sites is 1. The molecule has 1 amide bonds. The number of benzene rings is 1. The first-order chi connectivity index (χ1) is 9.33. The summed E-state index contributed by atoms with van der Waals surface area (Å²) in [5.41, 5.74) is 0.725. The predicted molar refractivity (Wildman–Crippen MR) is 70.8 cm³/mol. The van der Waals surface area contributed by atoms with Crippen molar-refractivity contribution in [2.45, 2.75) is 0 Å².